The molecule has 0 aliphatic heterocycles. The van der Waals surface area contributed by atoms with Gasteiger partial charge in [0.05, 0.1) is 14.2 Å². The monoisotopic (exact) mass is 343 g/mol. The Bertz CT molecular complexity index is 781. The number of benzene rings is 2. The summed E-state index contributed by atoms with van der Waals surface area (Å²) in [4.78, 5) is 23.4. The molecule has 0 fully saturated rings. The zero-order valence-corrected chi connectivity index (χ0v) is 14.6. The molecule has 2 N–H and O–H groups in total. The topological polar surface area (TPSA) is 84.9 Å². The molecule has 0 aliphatic rings. The number of carbonyl (C=O) groups is 2. The van der Waals surface area contributed by atoms with Gasteiger partial charge in [0, 0.05) is 11.3 Å². The number of hydrogen-bond donors (Lipinski definition) is 2. The molecule has 0 saturated heterocycles. The summed E-state index contributed by atoms with van der Waals surface area (Å²) in [5, 5.41) is 11.8. The van der Waals surface area contributed by atoms with Crippen molar-refractivity contribution < 1.29 is 24.2 Å². The van der Waals surface area contributed by atoms with Gasteiger partial charge < -0.3 is 19.9 Å². The highest BCUT2D eigenvalue weighted by molar-refractivity contribution is 6.07. The summed E-state index contributed by atoms with van der Waals surface area (Å²) in [6, 6.07) is 12.6. The molecule has 0 saturated carbocycles. The number of anilines is 1. The molecule has 2 aromatic carbocycles. The van der Waals surface area contributed by atoms with E-state index < -0.39 is 17.3 Å². The highest BCUT2D eigenvalue weighted by atomic mass is 16.5. The van der Waals surface area contributed by atoms with E-state index >= 15 is 0 Å². The van der Waals surface area contributed by atoms with Crippen LogP contribution in [0.2, 0.25) is 0 Å². The summed E-state index contributed by atoms with van der Waals surface area (Å²) in [6.45, 7) is 2.72. The number of rotatable bonds is 6. The first-order valence-corrected chi connectivity index (χ1v) is 7.67. The molecular weight excluding hydrogens is 322 g/mol. The van der Waals surface area contributed by atoms with Gasteiger partial charge in [-0.2, -0.15) is 0 Å². The third-order valence-corrected chi connectivity index (χ3v) is 3.96. The lowest BCUT2D eigenvalue weighted by Crippen LogP contribution is -2.37. The van der Waals surface area contributed by atoms with Gasteiger partial charge in [-0.05, 0) is 49.7 Å². The Kier molecular flexibility index (Phi) is 5.32. The van der Waals surface area contributed by atoms with Crippen molar-refractivity contribution in [2.24, 2.45) is 5.41 Å². The Morgan fingerprint density at radius 1 is 1.00 bits per heavy atom. The van der Waals surface area contributed by atoms with Crippen molar-refractivity contribution in [1.82, 2.24) is 0 Å². The lowest BCUT2D eigenvalue weighted by atomic mass is 9.92. The zero-order valence-electron chi connectivity index (χ0n) is 14.6. The molecule has 0 unspecified atom stereocenters. The van der Waals surface area contributed by atoms with Gasteiger partial charge in [-0.3, -0.25) is 9.59 Å². The zero-order chi connectivity index (χ0) is 18.6. The van der Waals surface area contributed by atoms with E-state index in [4.69, 9.17) is 14.6 Å². The van der Waals surface area contributed by atoms with Crippen LogP contribution in [0.15, 0.2) is 42.5 Å². The molecule has 6 heteroatoms. The number of aliphatic carboxylic acids is 1. The first-order chi connectivity index (χ1) is 11.8. The number of hydrogen-bond acceptors (Lipinski definition) is 4. The number of nitrogens with one attached hydrogen (secondary N) is 1. The number of ether oxygens (including phenoxy) is 2. The van der Waals surface area contributed by atoms with Crippen molar-refractivity contribution in [1.29, 1.82) is 0 Å². The van der Waals surface area contributed by atoms with Gasteiger partial charge in [0.2, 0.25) is 5.91 Å². The van der Waals surface area contributed by atoms with Crippen molar-refractivity contribution >= 4 is 17.6 Å². The van der Waals surface area contributed by atoms with E-state index in [0.717, 1.165) is 16.9 Å². The normalized spacial score (nSPS) is 10.9. The smallest absolute Gasteiger partial charge is 0.318 e. The van der Waals surface area contributed by atoms with E-state index in [1.807, 2.05) is 24.3 Å². The predicted molar refractivity (Wildman–Crippen MR) is 95.0 cm³/mol. The molecule has 132 valence electrons. The minimum absolute atomic E-state index is 0.492. The van der Waals surface area contributed by atoms with Crippen LogP contribution in [0.25, 0.3) is 11.1 Å². The molecule has 2 rings (SSSR count). The van der Waals surface area contributed by atoms with Crippen LogP contribution in [0.1, 0.15) is 13.8 Å². The minimum atomic E-state index is -1.53. The molecule has 6 nitrogen and oxygen atoms in total. The maximum atomic E-state index is 12.2. The summed E-state index contributed by atoms with van der Waals surface area (Å²) in [7, 11) is 3.16. The van der Waals surface area contributed by atoms with Crippen LogP contribution in [0.3, 0.4) is 0 Å². The molecule has 0 radical (unpaired) electrons. The molecule has 25 heavy (non-hydrogen) atoms. The van der Waals surface area contributed by atoms with E-state index in [2.05, 4.69) is 5.32 Å². The second-order valence-corrected chi connectivity index (χ2v) is 6.03. The largest absolute Gasteiger partial charge is 0.497 e. The van der Waals surface area contributed by atoms with Gasteiger partial charge in [0.1, 0.15) is 16.9 Å². The number of carbonyl (C=O) groups excluding carboxylic acids is 1. The van der Waals surface area contributed by atoms with E-state index in [1.54, 1.807) is 32.4 Å². The minimum Gasteiger partial charge on any atom is -0.497 e. The van der Waals surface area contributed by atoms with Gasteiger partial charge in [-0.1, -0.05) is 12.1 Å². The second-order valence-electron chi connectivity index (χ2n) is 6.03. The average molecular weight is 343 g/mol. The number of amides is 1. The molecule has 0 aromatic heterocycles. The Balaban J connectivity index is 2.36. The Hall–Kier alpha value is -3.02. The molecule has 0 bridgehead atoms. The molecule has 2 aromatic rings. The van der Waals surface area contributed by atoms with Crippen molar-refractivity contribution in [2.45, 2.75) is 13.8 Å². The molecule has 0 aliphatic carbocycles. The first kappa shape index (κ1) is 18.3. The standard InChI is InChI=1S/C19H21NO5/c1-19(2,18(22)23)17(21)20-13-7-10-16(25-4)15(11-13)12-5-8-14(24-3)9-6-12/h5-11H,1-4H3,(H,20,21)(H,22,23). The van der Waals surface area contributed by atoms with E-state index in [0.29, 0.717) is 11.4 Å². The van der Waals surface area contributed by atoms with Crippen molar-refractivity contribution in [2.75, 3.05) is 19.5 Å². The van der Waals surface area contributed by atoms with E-state index in [1.165, 1.54) is 13.8 Å². The Morgan fingerprint density at radius 3 is 2.16 bits per heavy atom. The van der Waals surface area contributed by atoms with Crippen molar-refractivity contribution in [3.63, 3.8) is 0 Å². The Morgan fingerprint density at radius 2 is 1.64 bits per heavy atom. The summed E-state index contributed by atoms with van der Waals surface area (Å²) < 4.78 is 10.5. The fourth-order valence-electron chi connectivity index (χ4n) is 2.17. The second kappa shape index (κ2) is 7.25. The van der Waals surface area contributed by atoms with Crippen LogP contribution in [-0.2, 0) is 9.59 Å². The highest BCUT2D eigenvalue weighted by Gasteiger charge is 2.36. The fraction of sp³-hybridized carbons (Fsp3) is 0.263. The van der Waals surface area contributed by atoms with Crippen molar-refractivity contribution in [3.05, 3.63) is 42.5 Å². The third kappa shape index (κ3) is 3.91. The maximum Gasteiger partial charge on any atom is 0.318 e. The number of methoxy groups -OCH3 is 2. The first-order valence-electron chi connectivity index (χ1n) is 7.67. The van der Waals surface area contributed by atoms with Crippen LogP contribution in [0.4, 0.5) is 5.69 Å². The van der Waals surface area contributed by atoms with Crippen LogP contribution in [0.5, 0.6) is 11.5 Å². The lowest BCUT2D eigenvalue weighted by Gasteiger charge is -2.19. The number of carboxylic acids is 1. The van der Waals surface area contributed by atoms with E-state index in [9.17, 15) is 9.59 Å². The molecule has 1 amide bonds. The molecular formula is C19H21NO5. The van der Waals surface area contributed by atoms with Crippen molar-refractivity contribution in [3.8, 4) is 22.6 Å². The van der Waals surface area contributed by atoms with Gasteiger partial charge >= 0.3 is 5.97 Å². The predicted octanol–water partition coefficient (Wildman–Crippen LogP) is 3.42. The summed E-state index contributed by atoms with van der Waals surface area (Å²) in [5.41, 5.74) is 0.619. The van der Waals surface area contributed by atoms with Gasteiger partial charge in [-0.15, -0.1) is 0 Å². The summed E-state index contributed by atoms with van der Waals surface area (Å²) >= 11 is 0. The summed E-state index contributed by atoms with van der Waals surface area (Å²) in [6.07, 6.45) is 0. The maximum absolute atomic E-state index is 12.2. The van der Waals surface area contributed by atoms with Crippen LogP contribution < -0.4 is 14.8 Å². The lowest BCUT2D eigenvalue weighted by molar-refractivity contribution is -0.151. The van der Waals surface area contributed by atoms with Crippen LogP contribution in [0, 0.1) is 5.41 Å². The van der Waals surface area contributed by atoms with Gasteiger partial charge in [0.25, 0.3) is 0 Å². The highest BCUT2D eigenvalue weighted by Crippen LogP contribution is 2.34. The van der Waals surface area contributed by atoms with Crippen LogP contribution in [-0.4, -0.2) is 31.2 Å². The van der Waals surface area contributed by atoms with Crippen LogP contribution >= 0.6 is 0 Å². The van der Waals surface area contributed by atoms with Gasteiger partial charge in [-0.25, -0.2) is 0 Å². The van der Waals surface area contributed by atoms with E-state index in [-0.39, 0.29) is 0 Å². The SMILES string of the molecule is COc1ccc(-c2cc(NC(=O)C(C)(C)C(=O)O)ccc2OC)cc1. The summed E-state index contributed by atoms with van der Waals surface area (Å²) in [5.74, 6) is -0.407. The Labute approximate surface area is 146 Å². The molecule has 0 spiro atoms. The third-order valence-electron chi connectivity index (χ3n) is 3.96. The fourth-order valence-corrected chi connectivity index (χ4v) is 2.17. The molecule has 0 heterocycles. The average Bonchev–Trinajstić information content (AvgIpc) is 2.61. The molecule has 0 atom stereocenters. The number of carboxylic acid groups (broad SMARTS) is 1. The quantitative estimate of drug-likeness (QED) is 0.785. The van der Waals surface area contributed by atoms with Gasteiger partial charge in [0.15, 0.2) is 0 Å².